The summed E-state index contributed by atoms with van der Waals surface area (Å²) in [4.78, 5) is 19.3. The quantitative estimate of drug-likeness (QED) is 0.861. The lowest BCUT2D eigenvalue weighted by molar-refractivity contribution is -0.137. The van der Waals surface area contributed by atoms with Crippen LogP contribution in [0.25, 0.3) is 11.4 Å². The highest BCUT2D eigenvalue weighted by Crippen LogP contribution is 2.31. The van der Waals surface area contributed by atoms with E-state index in [2.05, 4.69) is 15.5 Å². The minimum atomic E-state index is -0.134. The fourth-order valence-electron chi connectivity index (χ4n) is 3.64. The molecule has 0 spiro atoms. The minimum absolute atomic E-state index is 0. The number of carbonyl (C=O) groups excluding carboxylic acids is 1. The Kier molecular flexibility index (Phi) is 6.82. The number of aromatic nitrogens is 2. The molecule has 3 heterocycles. The zero-order valence-corrected chi connectivity index (χ0v) is 16.0. The number of benzene rings is 1. The normalized spacial score (nSPS) is 22.9. The molecular weight excluding hydrogens is 368 g/mol. The van der Waals surface area contributed by atoms with E-state index >= 15 is 0 Å². The molecule has 2 aliphatic heterocycles. The van der Waals surface area contributed by atoms with Gasteiger partial charge in [0.25, 0.3) is 0 Å². The maximum Gasteiger partial charge on any atom is 0.249 e. The first-order valence-electron chi connectivity index (χ1n) is 9.31. The zero-order valence-electron chi connectivity index (χ0n) is 15.2. The third kappa shape index (κ3) is 4.66. The molecule has 146 valence electrons. The van der Waals surface area contributed by atoms with Gasteiger partial charge in [-0.15, -0.1) is 12.4 Å². The summed E-state index contributed by atoms with van der Waals surface area (Å²) in [7, 11) is 0. The van der Waals surface area contributed by atoms with Crippen molar-refractivity contribution in [3.8, 4) is 11.4 Å². The molecule has 1 amide bonds. The average Bonchev–Trinajstić information content (AvgIpc) is 3.19. The van der Waals surface area contributed by atoms with E-state index < -0.39 is 0 Å². The van der Waals surface area contributed by atoms with Gasteiger partial charge in [0.05, 0.1) is 13.2 Å². The topological polar surface area (TPSA) is 80.5 Å². The molecule has 1 N–H and O–H groups in total. The van der Waals surface area contributed by atoms with E-state index in [9.17, 15) is 4.79 Å². The summed E-state index contributed by atoms with van der Waals surface area (Å²) in [6.45, 7) is 2.83. The van der Waals surface area contributed by atoms with E-state index in [1.165, 1.54) is 0 Å². The summed E-state index contributed by atoms with van der Waals surface area (Å²) in [6, 6.07) is 9.70. The summed E-state index contributed by atoms with van der Waals surface area (Å²) < 4.78 is 11.0. The summed E-state index contributed by atoms with van der Waals surface area (Å²) in [5.41, 5.74) is 0.916. The highest BCUT2D eigenvalue weighted by Gasteiger charge is 2.33. The molecular formula is C19H25ClN4O3. The van der Waals surface area contributed by atoms with Crippen LogP contribution in [-0.2, 0) is 9.53 Å². The van der Waals surface area contributed by atoms with Gasteiger partial charge in [-0.2, -0.15) is 4.98 Å². The van der Waals surface area contributed by atoms with Crippen LogP contribution in [0.4, 0.5) is 0 Å². The molecule has 1 aromatic heterocycles. The predicted octanol–water partition coefficient (Wildman–Crippen LogP) is 2.59. The van der Waals surface area contributed by atoms with Gasteiger partial charge in [0.1, 0.15) is 6.04 Å². The Bertz CT molecular complexity index is 734. The highest BCUT2D eigenvalue weighted by atomic mass is 35.5. The van der Waals surface area contributed by atoms with Crippen LogP contribution >= 0.6 is 12.4 Å². The highest BCUT2D eigenvalue weighted by molar-refractivity contribution is 5.85. The molecule has 2 atom stereocenters. The molecule has 2 saturated heterocycles. The molecule has 8 heteroatoms. The van der Waals surface area contributed by atoms with Crippen LogP contribution in [0.5, 0.6) is 0 Å². The van der Waals surface area contributed by atoms with E-state index in [1.807, 2.05) is 35.2 Å². The molecule has 27 heavy (non-hydrogen) atoms. The van der Waals surface area contributed by atoms with E-state index in [4.69, 9.17) is 9.26 Å². The summed E-state index contributed by atoms with van der Waals surface area (Å²) in [5.74, 6) is 1.22. The minimum Gasteiger partial charge on any atom is -0.378 e. The molecule has 0 saturated carbocycles. The average molecular weight is 393 g/mol. The molecule has 2 aromatic rings. The maximum atomic E-state index is 12.9. The van der Waals surface area contributed by atoms with E-state index in [-0.39, 0.29) is 30.4 Å². The van der Waals surface area contributed by atoms with E-state index in [1.54, 1.807) is 0 Å². The number of hydrogen-bond donors (Lipinski definition) is 1. The molecule has 2 aliphatic rings. The lowest BCUT2D eigenvalue weighted by Gasteiger charge is -2.35. The summed E-state index contributed by atoms with van der Waals surface area (Å²) in [6.07, 6.45) is 3.37. The van der Waals surface area contributed by atoms with Crippen LogP contribution in [0.2, 0.25) is 0 Å². The van der Waals surface area contributed by atoms with Gasteiger partial charge in [-0.3, -0.25) is 4.79 Å². The first-order valence-corrected chi connectivity index (χ1v) is 9.31. The number of carbonyl (C=O) groups is 1. The van der Waals surface area contributed by atoms with Crippen molar-refractivity contribution in [3.63, 3.8) is 0 Å². The number of halogens is 1. The van der Waals surface area contributed by atoms with Gasteiger partial charge >= 0.3 is 0 Å². The second-order valence-corrected chi connectivity index (χ2v) is 6.85. The van der Waals surface area contributed by atoms with Crippen molar-refractivity contribution in [2.24, 2.45) is 0 Å². The fourth-order valence-corrected chi connectivity index (χ4v) is 3.64. The van der Waals surface area contributed by atoms with Gasteiger partial charge in [0, 0.05) is 31.1 Å². The molecule has 2 fully saturated rings. The van der Waals surface area contributed by atoms with Crippen LogP contribution in [-0.4, -0.2) is 53.3 Å². The third-order valence-corrected chi connectivity index (χ3v) is 5.00. The SMILES string of the molecule is Cl.O=C(CC1COCCN1)N1CCCCC1c1nc(-c2ccccc2)no1. The van der Waals surface area contributed by atoms with Crippen LogP contribution in [0.15, 0.2) is 34.9 Å². The lowest BCUT2D eigenvalue weighted by atomic mass is 10.0. The maximum absolute atomic E-state index is 12.9. The van der Waals surface area contributed by atoms with Crippen molar-refractivity contribution >= 4 is 18.3 Å². The largest absolute Gasteiger partial charge is 0.378 e. The first kappa shape index (κ1) is 19.8. The molecule has 0 aliphatic carbocycles. The van der Waals surface area contributed by atoms with Gasteiger partial charge < -0.3 is 19.5 Å². The van der Waals surface area contributed by atoms with Crippen molar-refractivity contribution in [2.45, 2.75) is 37.8 Å². The number of likely N-dealkylation sites (tertiary alicyclic amines) is 1. The van der Waals surface area contributed by atoms with Crippen LogP contribution in [0.3, 0.4) is 0 Å². The standard InChI is InChI=1S/C19H24N4O3.ClH/c24-17(12-15-13-25-11-9-20-15)23-10-5-4-8-16(23)19-21-18(22-26-19)14-6-2-1-3-7-14;/h1-3,6-7,15-16,20H,4-5,8-13H2;1H. The Hall–Kier alpha value is -1.96. The van der Waals surface area contributed by atoms with Crippen LogP contribution in [0.1, 0.15) is 37.6 Å². The molecule has 0 bridgehead atoms. The lowest BCUT2D eigenvalue weighted by Crippen LogP contribution is -2.46. The number of piperidine rings is 1. The second kappa shape index (κ2) is 9.30. The van der Waals surface area contributed by atoms with Crippen molar-refractivity contribution in [3.05, 3.63) is 36.2 Å². The van der Waals surface area contributed by atoms with Gasteiger partial charge in [-0.05, 0) is 19.3 Å². The molecule has 0 radical (unpaired) electrons. The number of nitrogens with zero attached hydrogens (tertiary/aromatic N) is 3. The third-order valence-electron chi connectivity index (χ3n) is 5.00. The number of morpholine rings is 1. The first-order chi connectivity index (χ1) is 12.8. The van der Waals surface area contributed by atoms with Crippen molar-refractivity contribution in [1.29, 1.82) is 0 Å². The zero-order chi connectivity index (χ0) is 17.8. The Labute approximate surface area is 164 Å². The van der Waals surface area contributed by atoms with Crippen LogP contribution in [0, 0.1) is 0 Å². The Morgan fingerprint density at radius 3 is 2.89 bits per heavy atom. The van der Waals surface area contributed by atoms with Crippen molar-refractivity contribution in [1.82, 2.24) is 20.4 Å². The molecule has 4 rings (SSSR count). The number of hydrogen-bond acceptors (Lipinski definition) is 6. The van der Waals surface area contributed by atoms with Gasteiger partial charge in [-0.25, -0.2) is 0 Å². The van der Waals surface area contributed by atoms with E-state index in [0.717, 1.165) is 37.9 Å². The fraction of sp³-hybridized carbons (Fsp3) is 0.526. The summed E-state index contributed by atoms with van der Waals surface area (Å²) >= 11 is 0. The van der Waals surface area contributed by atoms with E-state index in [0.29, 0.717) is 31.3 Å². The van der Waals surface area contributed by atoms with Gasteiger partial charge in [0.2, 0.25) is 17.6 Å². The number of ether oxygens (including phenoxy) is 1. The number of amides is 1. The van der Waals surface area contributed by atoms with Crippen LogP contribution < -0.4 is 5.32 Å². The monoisotopic (exact) mass is 392 g/mol. The molecule has 2 unspecified atom stereocenters. The molecule has 1 aromatic carbocycles. The second-order valence-electron chi connectivity index (χ2n) is 6.85. The van der Waals surface area contributed by atoms with Crippen molar-refractivity contribution in [2.75, 3.05) is 26.3 Å². The van der Waals surface area contributed by atoms with Crippen molar-refractivity contribution < 1.29 is 14.1 Å². The molecule has 7 nitrogen and oxygen atoms in total. The predicted molar refractivity (Wildman–Crippen MR) is 103 cm³/mol. The Morgan fingerprint density at radius 2 is 2.11 bits per heavy atom. The number of nitrogens with one attached hydrogen (secondary N) is 1. The smallest absolute Gasteiger partial charge is 0.249 e. The Balaban J connectivity index is 0.00000210. The summed E-state index contributed by atoms with van der Waals surface area (Å²) in [5, 5.41) is 7.46. The van der Waals surface area contributed by atoms with Gasteiger partial charge in [0.15, 0.2) is 0 Å². The van der Waals surface area contributed by atoms with Gasteiger partial charge in [-0.1, -0.05) is 35.5 Å². The number of rotatable bonds is 4. The Morgan fingerprint density at radius 1 is 1.26 bits per heavy atom.